The molecule has 0 unspecified atom stereocenters. The second-order valence-electron chi connectivity index (χ2n) is 5.66. The molecule has 0 aliphatic carbocycles. The van der Waals surface area contributed by atoms with Gasteiger partial charge in [-0.25, -0.2) is 4.72 Å². The van der Waals surface area contributed by atoms with Gasteiger partial charge in [-0.1, -0.05) is 12.8 Å². The predicted molar refractivity (Wildman–Crippen MR) is 80.9 cm³/mol. The van der Waals surface area contributed by atoms with Crippen LogP contribution in [0.1, 0.15) is 32.1 Å². The number of hydrogen-bond acceptors (Lipinski definition) is 4. The van der Waals surface area contributed by atoms with Gasteiger partial charge in [0.15, 0.2) is 0 Å². The third kappa shape index (κ3) is 5.29. The van der Waals surface area contributed by atoms with E-state index in [1.165, 1.54) is 0 Å². The fourth-order valence-electron chi connectivity index (χ4n) is 2.81. The van der Waals surface area contributed by atoms with E-state index in [0.29, 0.717) is 19.6 Å². The molecule has 0 spiro atoms. The molecular weight excluding hydrogens is 276 g/mol. The number of nitrogens with zero attached hydrogens (tertiary/aromatic N) is 2. The summed E-state index contributed by atoms with van der Waals surface area (Å²) in [6, 6.07) is 0. The number of hydrogen-bond donors (Lipinski definition) is 2. The molecule has 0 atom stereocenters. The van der Waals surface area contributed by atoms with Crippen LogP contribution < -0.4 is 10.0 Å². The molecule has 7 heteroatoms. The van der Waals surface area contributed by atoms with Crippen molar-refractivity contribution in [3.8, 4) is 0 Å². The van der Waals surface area contributed by atoms with Gasteiger partial charge in [0.1, 0.15) is 0 Å². The Morgan fingerprint density at radius 2 is 1.60 bits per heavy atom. The van der Waals surface area contributed by atoms with Gasteiger partial charge in [0.05, 0.1) is 0 Å². The molecule has 0 aromatic heterocycles. The second kappa shape index (κ2) is 8.29. The topological polar surface area (TPSA) is 64.7 Å². The molecule has 2 aliphatic rings. The molecule has 2 saturated heterocycles. The maximum Gasteiger partial charge on any atom is 0.279 e. The maximum atomic E-state index is 12.2. The van der Waals surface area contributed by atoms with Gasteiger partial charge in [-0.15, -0.1) is 0 Å². The predicted octanol–water partition coefficient (Wildman–Crippen LogP) is -0.00790. The van der Waals surface area contributed by atoms with Crippen molar-refractivity contribution >= 4 is 10.2 Å². The van der Waals surface area contributed by atoms with Crippen molar-refractivity contribution in [3.05, 3.63) is 0 Å². The normalized spacial score (nSPS) is 23.6. The van der Waals surface area contributed by atoms with Gasteiger partial charge in [-0.05, 0) is 25.8 Å². The number of nitrogens with one attached hydrogen (secondary N) is 2. The molecule has 0 radical (unpaired) electrons. The third-order valence-corrected chi connectivity index (χ3v) is 5.66. The van der Waals surface area contributed by atoms with E-state index in [9.17, 15) is 8.42 Å². The molecule has 0 aromatic carbocycles. The lowest BCUT2D eigenvalue weighted by atomic mass is 10.2. The van der Waals surface area contributed by atoms with E-state index in [0.717, 1.165) is 64.8 Å². The molecule has 2 N–H and O–H groups in total. The first kappa shape index (κ1) is 16.2. The Balaban J connectivity index is 1.66. The van der Waals surface area contributed by atoms with E-state index in [-0.39, 0.29) is 0 Å². The average Bonchev–Trinajstić information content (AvgIpc) is 2.74. The van der Waals surface area contributed by atoms with Crippen LogP contribution in [-0.4, -0.2) is 70.0 Å². The lowest BCUT2D eigenvalue weighted by Gasteiger charge is -2.27. The van der Waals surface area contributed by atoms with Gasteiger partial charge in [0, 0.05) is 45.8 Å². The number of piperazine rings is 1. The van der Waals surface area contributed by atoms with Crippen molar-refractivity contribution in [1.29, 1.82) is 0 Å². The summed E-state index contributed by atoms with van der Waals surface area (Å²) in [5, 5.41) is 3.32. The van der Waals surface area contributed by atoms with Gasteiger partial charge < -0.3 is 10.2 Å². The first-order valence-electron chi connectivity index (χ1n) is 7.86. The average molecular weight is 304 g/mol. The van der Waals surface area contributed by atoms with Crippen LogP contribution in [0.5, 0.6) is 0 Å². The maximum absolute atomic E-state index is 12.2. The van der Waals surface area contributed by atoms with Crippen LogP contribution in [-0.2, 0) is 10.2 Å². The van der Waals surface area contributed by atoms with Crippen molar-refractivity contribution in [1.82, 2.24) is 19.2 Å². The van der Waals surface area contributed by atoms with Crippen molar-refractivity contribution in [2.75, 3.05) is 52.4 Å². The molecule has 2 rings (SSSR count). The molecule has 6 nitrogen and oxygen atoms in total. The summed E-state index contributed by atoms with van der Waals surface area (Å²) in [4.78, 5) is 2.39. The Hall–Kier alpha value is -0.210. The van der Waals surface area contributed by atoms with Crippen molar-refractivity contribution < 1.29 is 8.42 Å². The van der Waals surface area contributed by atoms with Gasteiger partial charge in [0.25, 0.3) is 10.2 Å². The van der Waals surface area contributed by atoms with E-state index in [1.54, 1.807) is 4.31 Å². The standard InChI is InChI=1S/C13H28N4O2S/c18-20(19,17-10-3-1-2-4-11-17)15-6-5-9-16-12-7-14-8-13-16/h14-15H,1-13H2. The van der Waals surface area contributed by atoms with Gasteiger partial charge >= 0.3 is 0 Å². The minimum Gasteiger partial charge on any atom is -0.314 e. The quantitative estimate of drug-likeness (QED) is 0.678. The fraction of sp³-hybridized carbons (Fsp3) is 1.00. The second-order valence-corrected chi connectivity index (χ2v) is 7.41. The Morgan fingerprint density at radius 1 is 0.950 bits per heavy atom. The molecule has 0 bridgehead atoms. The highest BCUT2D eigenvalue weighted by Crippen LogP contribution is 2.12. The highest BCUT2D eigenvalue weighted by molar-refractivity contribution is 7.87. The largest absolute Gasteiger partial charge is 0.314 e. The van der Waals surface area contributed by atoms with Crippen molar-refractivity contribution in [3.63, 3.8) is 0 Å². The first-order chi connectivity index (χ1) is 9.68. The third-order valence-electron chi connectivity index (χ3n) is 4.05. The Kier molecular flexibility index (Phi) is 6.70. The summed E-state index contributed by atoms with van der Waals surface area (Å²) >= 11 is 0. The smallest absolute Gasteiger partial charge is 0.279 e. The SMILES string of the molecule is O=S(=O)(NCCCN1CCNCC1)N1CCCCCC1. The fourth-order valence-corrected chi connectivity index (χ4v) is 4.14. The Bertz CT molecular complexity index is 361. The van der Waals surface area contributed by atoms with Crippen LogP contribution in [0, 0.1) is 0 Å². The first-order valence-corrected chi connectivity index (χ1v) is 9.30. The number of rotatable bonds is 6. The molecular formula is C13H28N4O2S. The summed E-state index contributed by atoms with van der Waals surface area (Å²) < 4.78 is 28.7. The molecule has 118 valence electrons. The van der Waals surface area contributed by atoms with E-state index in [2.05, 4.69) is 14.9 Å². The lowest BCUT2D eigenvalue weighted by Crippen LogP contribution is -2.45. The van der Waals surface area contributed by atoms with Gasteiger partial charge in [0.2, 0.25) is 0 Å². The van der Waals surface area contributed by atoms with Gasteiger partial charge in [-0.3, -0.25) is 0 Å². The molecule has 2 fully saturated rings. The van der Waals surface area contributed by atoms with E-state index in [1.807, 2.05) is 0 Å². The highest BCUT2D eigenvalue weighted by Gasteiger charge is 2.22. The molecule has 0 saturated carbocycles. The van der Waals surface area contributed by atoms with Crippen LogP contribution in [0.4, 0.5) is 0 Å². The van der Waals surface area contributed by atoms with Gasteiger partial charge in [-0.2, -0.15) is 12.7 Å². The Labute approximate surface area is 123 Å². The highest BCUT2D eigenvalue weighted by atomic mass is 32.2. The van der Waals surface area contributed by atoms with E-state index < -0.39 is 10.2 Å². The zero-order valence-electron chi connectivity index (χ0n) is 12.3. The minimum absolute atomic E-state index is 0.544. The monoisotopic (exact) mass is 304 g/mol. The molecule has 0 aromatic rings. The molecule has 20 heavy (non-hydrogen) atoms. The van der Waals surface area contributed by atoms with Crippen molar-refractivity contribution in [2.45, 2.75) is 32.1 Å². The molecule has 2 aliphatic heterocycles. The summed E-state index contributed by atoms with van der Waals surface area (Å²) in [5.74, 6) is 0. The lowest BCUT2D eigenvalue weighted by molar-refractivity contribution is 0.239. The minimum atomic E-state index is -3.26. The van der Waals surface area contributed by atoms with Crippen LogP contribution >= 0.6 is 0 Å². The van der Waals surface area contributed by atoms with E-state index in [4.69, 9.17) is 0 Å². The van der Waals surface area contributed by atoms with Crippen LogP contribution in [0.15, 0.2) is 0 Å². The summed E-state index contributed by atoms with van der Waals surface area (Å²) in [6.07, 6.45) is 5.15. The summed E-state index contributed by atoms with van der Waals surface area (Å²) in [6.45, 7) is 7.09. The summed E-state index contributed by atoms with van der Waals surface area (Å²) in [5.41, 5.74) is 0. The van der Waals surface area contributed by atoms with Crippen molar-refractivity contribution in [2.24, 2.45) is 0 Å². The molecule has 2 heterocycles. The molecule has 0 amide bonds. The Morgan fingerprint density at radius 3 is 2.25 bits per heavy atom. The zero-order valence-corrected chi connectivity index (χ0v) is 13.1. The van der Waals surface area contributed by atoms with E-state index >= 15 is 0 Å². The van der Waals surface area contributed by atoms with Crippen LogP contribution in [0.2, 0.25) is 0 Å². The summed E-state index contributed by atoms with van der Waals surface area (Å²) in [7, 11) is -3.26. The van der Waals surface area contributed by atoms with Crippen LogP contribution in [0.25, 0.3) is 0 Å². The zero-order chi connectivity index (χ0) is 14.3. The van der Waals surface area contributed by atoms with Crippen LogP contribution in [0.3, 0.4) is 0 Å².